The molecule has 0 saturated heterocycles. The molecule has 0 saturated carbocycles. The van der Waals surface area contributed by atoms with Crippen molar-refractivity contribution in [2.45, 2.75) is 37.8 Å². The number of fused-ring (bicyclic) bond motifs is 1. The van der Waals surface area contributed by atoms with Crippen LogP contribution in [0.4, 0.5) is 0 Å². The van der Waals surface area contributed by atoms with Gasteiger partial charge in [0.1, 0.15) is 18.0 Å². The lowest BCUT2D eigenvalue weighted by Gasteiger charge is -2.35. The van der Waals surface area contributed by atoms with Crippen LogP contribution in [0.1, 0.15) is 24.5 Å². The van der Waals surface area contributed by atoms with E-state index in [2.05, 4.69) is 40.1 Å². The Morgan fingerprint density at radius 1 is 1.27 bits per heavy atom. The molecule has 0 fully saturated rings. The molecule has 2 atom stereocenters. The van der Waals surface area contributed by atoms with Gasteiger partial charge in [-0.1, -0.05) is 18.2 Å². The van der Waals surface area contributed by atoms with Crippen LogP contribution >= 0.6 is 0 Å². The van der Waals surface area contributed by atoms with Crippen molar-refractivity contribution in [2.24, 2.45) is 10.7 Å². The van der Waals surface area contributed by atoms with Gasteiger partial charge in [-0.3, -0.25) is 0 Å². The Labute approximate surface area is 129 Å². The minimum absolute atomic E-state index is 0.0318. The molecule has 1 aromatic carbocycles. The molecule has 2 aliphatic rings. The van der Waals surface area contributed by atoms with Crippen LogP contribution < -0.4 is 5.73 Å². The van der Waals surface area contributed by atoms with E-state index in [-0.39, 0.29) is 11.6 Å². The molecule has 5 heteroatoms. The lowest BCUT2D eigenvalue weighted by atomic mass is 9.74. The Kier molecular flexibility index (Phi) is 2.89. The highest BCUT2D eigenvalue weighted by Crippen LogP contribution is 2.41. The van der Waals surface area contributed by atoms with E-state index >= 15 is 0 Å². The van der Waals surface area contributed by atoms with Crippen LogP contribution in [0.5, 0.6) is 0 Å². The zero-order valence-corrected chi connectivity index (χ0v) is 12.5. The summed E-state index contributed by atoms with van der Waals surface area (Å²) in [5.74, 6) is 0. The molecule has 0 bridgehead atoms. The SMILES string of the molecule is C[C@@H]1OC(N)=N[C@@]12CCc1c(cccc1-c1cncnc1)C2. The zero-order valence-electron chi connectivity index (χ0n) is 12.5. The predicted octanol–water partition coefficient (Wildman–Crippen LogP) is 2.10. The van der Waals surface area contributed by atoms with Gasteiger partial charge in [-0.05, 0) is 36.5 Å². The van der Waals surface area contributed by atoms with Crippen molar-refractivity contribution in [3.8, 4) is 11.1 Å². The molecule has 22 heavy (non-hydrogen) atoms. The third-order valence-corrected chi connectivity index (χ3v) is 4.84. The molecule has 4 rings (SSSR count). The van der Waals surface area contributed by atoms with E-state index in [1.807, 2.05) is 12.4 Å². The molecular formula is C17H18N4O. The average Bonchev–Trinajstić information content (AvgIpc) is 2.80. The highest BCUT2D eigenvalue weighted by atomic mass is 16.5. The number of hydrogen-bond acceptors (Lipinski definition) is 5. The molecule has 2 N–H and O–H groups in total. The number of benzene rings is 1. The number of hydrogen-bond donors (Lipinski definition) is 1. The molecule has 5 nitrogen and oxygen atoms in total. The first-order valence-corrected chi connectivity index (χ1v) is 7.56. The Balaban J connectivity index is 1.76. The Hall–Kier alpha value is -2.43. The van der Waals surface area contributed by atoms with Gasteiger partial charge in [0.2, 0.25) is 0 Å². The number of rotatable bonds is 1. The van der Waals surface area contributed by atoms with Crippen LogP contribution in [0.15, 0.2) is 41.9 Å². The number of ether oxygens (including phenoxy) is 1. The van der Waals surface area contributed by atoms with Gasteiger partial charge < -0.3 is 10.5 Å². The van der Waals surface area contributed by atoms with E-state index in [1.165, 1.54) is 16.7 Å². The molecule has 0 unspecified atom stereocenters. The van der Waals surface area contributed by atoms with Gasteiger partial charge in [0.25, 0.3) is 6.02 Å². The fourth-order valence-electron chi connectivity index (χ4n) is 3.63. The number of nitrogens with two attached hydrogens (primary N) is 1. The predicted molar refractivity (Wildman–Crippen MR) is 84.4 cm³/mol. The number of nitrogens with zero attached hydrogens (tertiary/aromatic N) is 3. The van der Waals surface area contributed by atoms with Gasteiger partial charge in [0, 0.05) is 24.4 Å². The molecule has 0 amide bonds. The Bertz CT molecular complexity index is 744. The van der Waals surface area contributed by atoms with Gasteiger partial charge in [-0.25, -0.2) is 15.0 Å². The van der Waals surface area contributed by atoms with Crippen LogP contribution in [0, 0.1) is 0 Å². The highest BCUT2D eigenvalue weighted by Gasteiger charge is 2.45. The summed E-state index contributed by atoms with van der Waals surface area (Å²) in [4.78, 5) is 12.9. The molecular weight excluding hydrogens is 276 g/mol. The molecule has 2 aromatic rings. The van der Waals surface area contributed by atoms with Crippen LogP contribution in [0.25, 0.3) is 11.1 Å². The fourth-order valence-corrected chi connectivity index (χ4v) is 3.63. The standard InChI is InChI=1S/C17H18N4O/c1-11-17(21-16(18)22-11)6-5-15-12(7-17)3-2-4-14(15)13-8-19-10-20-9-13/h2-4,8-11H,5-7H2,1H3,(H2,18,21)/t11-,17+/m0/s1. The third kappa shape index (κ3) is 1.96. The summed E-state index contributed by atoms with van der Waals surface area (Å²) in [5, 5.41) is 0. The van der Waals surface area contributed by atoms with Crippen LogP contribution in [-0.2, 0) is 17.6 Å². The van der Waals surface area contributed by atoms with Gasteiger partial charge >= 0.3 is 0 Å². The summed E-state index contributed by atoms with van der Waals surface area (Å²) >= 11 is 0. The van der Waals surface area contributed by atoms with Crippen molar-refractivity contribution in [3.63, 3.8) is 0 Å². The monoisotopic (exact) mass is 294 g/mol. The van der Waals surface area contributed by atoms with Crippen molar-refractivity contribution in [1.82, 2.24) is 9.97 Å². The normalized spacial score (nSPS) is 26.4. The van der Waals surface area contributed by atoms with Crippen LogP contribution in [-0.4, -0.2) is 27.6 Å². The Morgan fingerprint density at radius 2 is 2.09 bits per heavy atom. The van der Waals surface area contributed by atoms with Gasteiger partial charge in [0.15, 0.2) is 0 Å². The van der Waals surface area contributed by atoms with E-state index in [1.54, 1.807) is 6.33 Å². The maximum absolute atomic E-state index is 5.78. The van der Waals surface area contributed by atoms with Crippen molar-refractivity contribution in [1.29, 1.82) is 0 Å². The van der Waals surface area contributed by atoms with Gasteiger partial charge in [0.05, 0.1) is 0 Å². The van der Waals surface area contributed by atoms with E-state index in [4.69, 9.17) is 10.5 Å². The first-order valence-electron chi connectivity index (χ1n) is 7.56. The zero-order chi connectivity index (χ0) is 15.2. The summed E-state index contributed by atoms with van der Waals surface area (Å²) in [6.07, 6.45) is 8.10. The number of aromatic nitrogens is 2. The van der Waals surface area contributed by atoms with E-state index in [9.17, 15) is 0 Å². The maximum Gasteiger partial charge on any atom is 0.282 e. The minimum atomic E-state index is -0.205. The maximum atomic E-state index is 5.78. The van der Waals surface area contributed by atoms with E-state index < -0.39 is 0 Å². The molecule has 0 radical (unpaired) electrons. The topological polar surface area (TPSA) is 73.4 Å². The first kappa shape index (κ1) is 13.2. The first-order chi connectivity index (χ1) is 10.7. The lowest BCUT2D eigenvalue weighted by molar-refractivity contribution is 0.140. The summed E-state index contributed by atoms with van der Waals surface area (Å²) < 4.78 is 5.59. The summed E-state index contributed by atoms with van der Waals surface area (Å²) in [6.45, 7) is 2.06. The molecule has 1 spiro atoms. The van der Waals surface area contributed by atoms with Crippen LogP contribution in [0.2, 0.25) is 0 Å². The van der Waals surface area contributed by atoms with Crippen molar-refractivity contribution in [3.05, 3.63) is 48.0 Å². The van der Waals surface area contributed by atoms with Crippen molar-refractivity contribution >= 4 is 6.02 Å². The quantitative estimate of drug-likeness (QED) is 0.874. The lowest BCUT2D eigenvalue weighted by Crippen LogP contribution is -2.41. The number of aliphatic imine (C=N–C) groups is 1. The Morgan fingerprint density at radius 3 is 2.82 bits per heavy atom. The fraction of sp³-hybridized carbons (Fsp3) is 0.353. The smallest absolute Gasteiger partial charge is 0.282 e. The van der Waals surface area contributed by atoms with Crippen molar-refractivity contribution in [2.75, 3.05) is 0 Å². The molecule has 1 aliphatic carbocycles. The summed E-state index contributed by atoms with van der Waals surface area (Å²) in [5.41, 5.74) is 10.6. The number of amidine groups is 1. The van der Waals surface area contributed by atoms with E-state index in [0.717, 1.165) is 24.8 Å². The molecule has 1 aliphatic heterocycles. The largest absolute Gasteiger partial charge is 0.460 e. The average molecular weight is 294 g/mol. The third-order valence-electron chi connectivity index (χ3n) is 4.84. The summed E-state index contributed by atoms with van der Waals surface area (Å²) in [7, 11) is 0. The van der Waals surface area contributed by atoms with E-state index in [0.29, 0.717) is 6.02 Å². The highest BCUT2D eigenvalue weighted by molar-refractivity contribution is 5.75. The minimum Gasteiger partial charge on any atom is -0.460 e. The van der Waals surface area contributed by atoms with Crippen LogP contribution in [0.3, 0.4) is 0 Å². The second-order valence-corrected chi connectivity index (χ2v) is 6.06. The molecule has 1 aromatic heterocycles. The second-order valence-electron chi connectivity index (χ2n) is 6.06. The van der Waals surface area contributed by atoms with Gasteiger partial charge in [-0.15, -0.1) is 0 Å². The molecule has 2 heterocycles. The molecule has 112 valence electrons. The summed E-state index contributed by atoms with van der Waals surface area (Å²) in [6, 6.07) is 6.74. The van der Waals surface area contributed by atoms with Gasteiger partial charge in [-0.2, -0.15) is 0 Å². The second kappa shape index (κ2) is 4.80. The van der Waals surface area contributed by atoms with Crippen molar-refractivity contribution < 1.29 is 4.74 Å².